The first-order valence-corrected chi connectivity index (χ1v) is 24.4. The molecule has 0 spiro atoms. The fraction of sp³-hybridized carbons (Fsp3) is 0.143. The molecular weight excluding hydrogens is 821 g/mol. The second-order valence-electron chi connectivity index (χ2n) is 13.7. The van der Waals surface area contributed by atoms with Crippen LogP contribution in [0, 0.1) is 41.5 Å². The lowest BCUT2D eigenvalue weighted by molar-refractivity contribution is 1.44. The normalized spacial score (nSPS) is 12.3. The largest absolute Gasteiger partial charge is 0.172 e. The molecule has 2 aromatic carbocycles. The Bertz CT molecular complexity index is 3150. The smallest absolute Gasteiger partial charge is 0.114 e. The summed E-state index contributed by atoms with van der Waals surface area (Å²) in [5.41, 5.74) is 7.56. The van der Waals surface area contributed by atoms with Gasteiger partial charge in [0.25, 0.3) is 0 Å². The molecule has 0 aliphatic carbocycles. The lowest BCUT2D eigenvalue weighted by Crippen LogP contribution is -1.81. The Morgan fingerprint density at radius 1 is 0.377 bits per heavy atom. The van der Waals surface area contributed by atoms with Crippen molar-refractivity contribution in [3.63, 3.8) is 0 Å². The van der Waals surface area contributed by atoms with Gasteiger partial charge in [-0.1, -0.05) is 0 Å². The molecule has 11 heteroatoms. The molecule has 0 saturated carbocycles. The molecule has 53 heavy (non-hydrogen) atoms. The van der Waals surface area contributed by atoms with E-state index in [1.807, 2.05) is 90.7 Å². The van der Waals surface area contributed by atoms with Crippen LogP contribution in [-0.2, 0) is 0 Å². The quantitative estimate of drug-likeness (QED) is 0.172. The van der Waals surface area contributed by atoms with Crippen LogP contribution in [0.1, 0.15) is 30.6 Å². The molecule has 0 bridgehead atoms. The van der Waals surface area contributed by atoms with Crippen LogP contribution < -0.4 is 0 Å². The maximum atomic E-state index is 4.84. The zero-order chi connectivity index (χ0) is 35.9. The van der Waals surface area contributed by atoms with E-state index >= 15 is 0 Å². The van der Waals surface area contributed by atoms with Gasteiger partial charge in [0.1, 0.15) is 11.0 Å². The fourth-order valence-electron chi connectivity index (χ4n) is 7.43. The van der Waals surface area contributed by atoms with Crippen LogP contribution in [0.15, 0.2) is 60.7 Å². The van der Waals surface area contributed by atoms with E-state index in [0.29, 0.717) is 0 Å². The van der Waals surface area contributed by atoms with Crippen molar-refractivity contribution in [2.45, 2.75) is 41.5 Å². The summed E-state index contributed by atoms with van der Waals surface area (Å²) < 4.78 is 15.1. The fourth-order valence-corrected chi connectivity index (χ4v) is 17.3. The van der Waals surface area contributed by atoms with Crippen LogP contribution in [0.25, 0.3) is 102 Å². The Balaban J connectivity index is 1.10. The molecule has 0 fully saturated rings. The summed E-state index contributed by atoms with van der Waals surface area (Å²) in [6.45, 7) is 13.4. The van der Waals surface area contributed by atoms with Crippen LogP contribution in [0.2, 0.25) is 0 Å². The number of thiophene rings is 8. The van der Waals surface area contributed by atoms with Crippen LogP contribution >= 0.6 is 102 Å². The molecule has 0 radical (unpaired) electrons. The van der Waals surface area contributed by atoms with Gasteiger partial charge in [-0.05, 0) is 113 Å². The van der Waals surface area contributed by atoms with Crippen molar-refractivity contribution in [1.29, 1.82) is 0 Å². The first kappa shape index (κ1) is 33.3. The van der Waals surface area contributed by atoms with Crippen LogP contribution in [0.4, 0.5) is 0 Å². The lowest BCUT2D eigenvalue weighted by Gasteiger charge is -2.09. The minimum atomic E-state index is 1.03. The van der Waals surface area contributed by atoms with Gasteiger partial charge >= 0.3 is 0 Å². The van der Waals surface area contributed by atoms with Gasteiger partial charge in [0, 0.05) is 101 Å². The Labute approximate surface area is 342 Å². The Morgan fingerprint density at radius 2 is 0.887 bits per heavy atom. The standard InChI is InChI=1S/C42H28N2S9/c1-17-11-29(48-22(17)6)31-15-25-36-37(44-53-43-36)26-16-32(51-42(26)41(25)50-31)30-12-18(2)38(49-30)33-14-24-35(28-10-8-20(4)46-28)39-23(13-21(5)47-39)34(40(24)52-33)27-9-7-19(3)45-27/h7-16H,1-6H3. The highest BCUT2D eigenvalue weighted by molar-refractivity contribution is 7.34. The van der Waals surface area contributed by atoms with Gasteiger partial charge in [0.15, 0.2) is 0 Å². The van der Waals surface area contributed by atoms with E-state index in [1.54, 1.807) is 0 Å². The highest BCUT2D eigenvalue weighted by atomic mass is 32.1. The SMILES string of the molecule is Cc1ccc(-c2c3cc(-c4sc(-c5cc6c7nsnc7c7cc(-c8cc(C)c(C)s8)sc7c6s5)cc4C)sc3c(-c3ccc(C)s3)c3cc(C)sc23)s1. The predicted molar refractivity (Wildman–Crippen MR) is 246 cm³/mol. The van der Waals surface area contributed by atoms with Crippen molar-refractivity contribution in [3.8, 4) is 50.1 Å². The molecule has 260 valence electrons. The first-order chi connectivity index (χ1) is 25.7. The number of aromatic nitrogens is 2. The summed E-state index contributed by atoms with van der Waals surface area (Å²) in [6.07, 6.45) is 0. The number of aryl methyl sites for hydroxylation is 6. The van der Waals surface area contributed by atoms with E-state index in [9.17, 15) is 0 Å². The van der Waals surface area contributed by atoms with Crippen molar-refractivity contribution in [1.82, 2.24) is 8.75 Å². The molecule has 0 unspecified atom stereocenters. The summed E-state index contributed by atoms with van der Waals surface area (Å²) in [7, 11) is 0. The van der Waals surface area contributed by atoms with Crippen LogP contribution in [0.5, 0.6) is 0 Å². The van der Waals surface area contributed by atoms with Crippen LogP contribution in [0.3, 0.4) is 0 Å². The molecule has 0 aliphatic rings. The van der Waals surface area contributed by atoms with Gasteiger partial charge in [-0.2, -0.15) is 8.75 Å². The molecule has 0 N–H and O–H groups in total. The Morgan fingerprint density at radius 3 is 1.45 bits per heavy atom. The van der Waals surface area contributed by atoms with E-state index in [0.717, 1.165) is 11.0 Å². The monoisotopic (exact) mass is 848 g/mol. The highest BCUT2D eigenvalue weighted by Gasteiger charge is 2.25. The van der Waals surface area contributed by atoms with Crippen molar-refractivity contribution in [3.05, 3.63) is 91.3 Å². The van der Waals surface area contributed by atoms with Crippen molar-refractivity contribution in [2.75, 3.05) is 0 Å². The molecule has 0 amide bonds. The van der Waals surface area contributed by atoms with Crippen molar-refractivity contribution in [2.24, 2.45) is 0 Å². The van der Waals surface area contributed by atoms with E-state index in [2.05, 4.69) is 102 Å². The maximum absolute atomic E-state index is 4.84. The first-order valence-electron chi connectivity index (χ1n) is 17.1. The summed E-state index contributed by atoms with van der Waals surface area (Å²) in [5.74, 6) is 0. The molecule has 11 aromatic rings. The molecule has 2 nitrogen and oxygen atoms in total. The third-order valence-corrected chi connectivity index (χ3v) is 20.2. The number of hydrogen-bond acceptors (Lipinski definition) is 11. The second-order valence-corrected chi connectivity index (χ2v) is 23.5. The van der Waals surface area contributed by atoms with Gasteiger partial charge in [0.2, 0.25) is 0 Å². The number of benzene rings is 2. The van der Waals surface area contributed by atoms with E-state index in [4.69, 9.17) is 8.75 Å². The van der Waals surface area contributed by atoms with E-state index in [-0.39, 0.29) is 0 Å². The van der Waals surface area contributed by atoms with Gasteiger partial charge in [0.05, 0.1) is 21.1 Å². The van der Waals surface area contributed by atoms with Gasteiger partial charge in [-0.25, -0.2) is 0 Å². The lowest BCUT2D eigenvalue weighted by atomic mass is 9.99. The molecule has 9 aromatic heterocycles. The summed E-state index contributed by atoms with van der Waals surface area (Å²) in [5, 5.41) is 5.23. The average Bonchev–Trinajstić information content (AvgIpc) is 3.96. The number of hydrogen-bond donors (Lipinski definition) is 0. The minimum Gasteiger partial charge on any atom is -0.172 e. The topological polar surface area (TPSA) is 25.8 Å². The van der Waals surface area contributed by atoms with Crippen LogP contribution in [-0.4, -0.2) is 8.75 Å². The summed E-state index contributed by atoms with van der Waals surface area (Å²) in [4.78, 5) is 16.2. The number of fused-ring (bicyclic) bond motifs is 8. The van der Waals surface area contributed by atoms with E-state index in [1.165, 1.54) is 133 Å². The molecule has 9 heterocycles. The van der Waals surface area contributed by atoms with Crippen molar-refractivity contribution < 1.29 is 0 Å². The van der Waals surface area contributed by atoms with Gasteiger partial charge in [-0.3, -0.25) is 0 Å². The Hall–Kier alpha value is -3.10. The maximum Gasteiger partial charge on any atom is 0.114 e. The van der Waals surface area contributed by atoms with Gasteiger partial charge in [-0.15, -0.1) is 90.7 Å². The van der Waals surface area contributed by atoms with Crippen molar-refractivity contribution >= 4 is 154 Å². The highest BCUT2D eigenvalue weighted by Crippen LogP contribution is 2.55. The number of nitrogens with zero attached hydrogens (tertiary/aromatic N) is 2. The summed E-state index contributed by atoms with van der Waals surface area (Å²) in [6, 6.07) is 23.6. The Kier molecular flexibility index (Phi) is 7.65. The second kappa shape index (κ2) is 12.2. The molecule has 0 atom stereocenters. The molecular formula is C42H28N2S9. The summed E-state index contributed by atoms with van der Waals surface area (Å²) >= 11 is 16.7. The molecule has 0 aliphatic heterocycles. The molecule has 11 rings (SSSR count). The van der Waals surface area contributed by atoms with E-state index < -0.39 is 0 Å². The number of rotatable bonds is 5. The third-order valence-electron chi connectivity index (χ3n) is 10.0. The minimum absolute atomic E-state index is 1.03. The zero-order valence-corrected chi connectivity index (χ0v) is 36.7. The third kappa shape index (κ3) is 5.12. The molecule has 0 saturated heterocycles. The van der Waals surface area contributed by atoms with Gasteiger partial charge < -0.3 is 0 Å². The zero-order valence-electron chi connectivity index (χ0n) is 29.3. The average molecular weight is 849 g/mol. The predicted octanol–water partition coefficient (Wildman–Crippen LogP) is 17.0.